The van der Waals surface area contributed by atoms with Crippen LogP contribution in [0.4, 0.5) is 0 Å². The SMILES string of the molecule is CCC(C)[C@H](NC(=O)[C@H](Cc1ccc(O)cc1)NC(=O)[C@@H](N)CSS)C(=O)N[C@@H](CCC(N)=O)C(=O)N/C(=C/C(N)=O)C(=O)NCC(=O)N1CCC[C@H]1CN[C@@H](CC(C)C)C(=O)NCC(N)=O. The fourth-order valence-corrected chi connectivity index (χ4v) is 7.66. The predicted octanol–water partition coefficient (Wildman–Crippen LogP) is -3.20. The van der Waals surface area contributed by atoms with Crippen molar-refractivity contribution in [2.45, 2.75) is 109 Å². The summed E-state index contributed by atoms with van der Waals surface area (Å²) in [5, 5.41) is 27.7. The number of nitrogens with zero attached hydrogens (tertiary/aromatic N) is 1. The summed E-state index contributed by atoms with van der Waals surface area (Å²) in [6, 6.07) is -0.404. The van der Waals surface area contributed by atoms with Crippen LogP contribution in [0.15, 0.2) is 36.0 Å². The van der Waals surface area contributed by atoms with Gasteiger partial charge < -0.3 is 70.2 Å². The van der Waals surface area contributed by atoms with Gasteiger partial charge in [0.05, 0.1) is 25.2 Å². The number of benzene rings is 1. The summed E-state index contributed by atoms with van der Waals surface area (Å²) < 4.78 is 0. The third kappa shape index (κ3) is 20.6. The number of primary amides is 3. The van der Waals surface area contributed by atoms with E-state index >= 15 is 0 Å². The van der Waals surface area contributed by atoms with Crippen LogP contribution in [-0.2, 0) is 54.4 Å². The number of carbonyl (C=O) groups is 10. The fraction of sp³-hybridized carbons (Fsp3) is 0.571. The van der Waals surface area contributed by atoms with Crippen LogP contribution < -0.4 is 60.2 Å². The summed E-state index contributed by atoms with van der Waals surface area (Å²) in [5.74, 6) is -8.58. The molecule has 1 aliphatic heterocycles. The molecule has 16 N–H and O–H groups in total. The Labute approximate surface area is 398 Å². The van der Waals surface area contributed by atoms with Gasteiger partial charge in [0.2, 0.25) is 53.2 Å². The van der Waals surface area contributed by atoms with Crippen LogP contribution in [0.1, 0.15) is 71.8 Å². The zero-order valence-corrected chi connectivity index (χ0v) is 39.8. The van der Waals surface area contributed by atoms with E-state index < -0.39 is 120 Å². The van der Waals surface area contributed by atoms with E-state index in [1.54, 1.807) is 26.0 Å². The standard InChI is InChI=1S/C42H66N12O11S2/c1-5-23(4)36(53-41(64)30(51-37(60)27(43)21-67-66)16-24-8-10-26(55)11-9-24)42(65)50-28(12-13-32(44)56)40(63)52-31(17-33(45)57)39(62)49-20-35(59)54-14-6-7-25(54)18-47-29(15-22(2)3)38(61)48-19-34(46)58/h8-11,17,22-23,25,27-30,36,47,55,66H,5-7,12-16,18-21,43H2,1-4H3,(H2,44,56)(H2,45,57)(H2,46,58)(H,48,61)(H,49,62)(H,50,65)(H,51,60)(H,52,63)(H,53,64)/b31-17+/t23?,25-,27-,28-,29-,30-,36-/m0/s1. The first-order chi connectivity index (χ1) is 31.6. The molecule has 372 valence electrons. The highest BCUT2D eigenvalue weighted by Gasteiger charge is 2.35. The van der Waals surface area contributed by atoms with E-state index in [4.69, 9.17) is 22.9 Å². The summed E-state index contributed by atoms with van der Waals surface area (Å²) >= 11 is 4.03. The zero-order chi connectivity index (χ0) is 50.4. The van der Waals surface area contributed by atoms with Gasteiger partial charge in [-0.25, -0.2) is 0 Å². The molecule has 1 aromatic carbocycles. The molecule has 1 unspecified atom stereocenters. The number of aromatic hydroxyl groups is 1. The van der Waals surface area contributed by atoms with Gasteiger partial charge in [0.25, 0.3) is 5.91 Å². The van der Waals surface area contributed by atoms with Crippen LogP contribution in [0.5, 0.6) is 5.75 Å². The summed E-state index contributed by atoms with van der Waals surface area (Å²) in [6.07, 6.45) is 1.67. The molecule has 2 rings (SSSR count). The molecule has 0 bridgehead atoms. The molecule has 1 aromatic rings. The van der Waals surface area contributed by atoms with E-state index in [0.717, 1.165) is 10.8 Å². The highest BCUT2D eigenvalue weighted by molar-refractivity contribution is 8.68. The van der Waals surface area contributed by atoms with Crippen molar-refractivity contribution in [3.8, 4) is 5.75 Å². The monoisotopic (exact) mass is 978 g/mol. The molecule has 1 saturated heterocycles. The molecule has 0 aliphatic carbocycles. The van der Waals surface area contributed by atoms with Crippen LogP contribution in [0, 0.1) is 11.8 Å². The molecule has 0 spiro atoms. The van der Waals surface area contributed by atoms with Crippen LogP contribution in [0.3, 0.4) is 0 Å². The number of phenolic OH excluding ortho intramolecular Hbond substituents is 1. The molecule has 1 fully saturated rings. The largest absolute Gasteiger partial charge is 0.508 e. The number of rotatable bonds is 29. The summed E-state index contributed by atoms with van der Waals surface area (Å²) in [4.78, 5) is 131. The number of carbonyl (C=O) groups excluding carboxylic acids is 10. The Morgan fingerprint density at radius 2 is 1.49 bits per heavy atom. The maximum absolute atomic E-state index is 14.0. The van der Waals surface area contributed by atoms with Gasteiger partial charge in [-0.15, -0.1) is 11.7 Å². The number of nitrogens with one attached hydrogen (secondary N) is 7. The van der Waals surface area contributed by atoms with Gasteiger partial charge in [-0.1, -0.05) is 57.0 Å². The second-order valence-corrected chi connectivity index (χ2v) is 17.9. The van der Waals surface area contributed by atoms with E-state index in [1.165, 1.54) is 17.0 Å². The number of likely N-dealkylation sites (tertiary alicyclic amines) is 1. The molecule has 67 heavy (non-hydrogen) atoms. The van der Waals surface area contributed by atoms with E-state index in [1.807, 2.05) is 13.8 Å². The van der Waals surface area contributed by atoms with Gasteiger partial charge in [0.15, 0.2) is 0 Å². The second-order valence-electron chi connectivity index (χ2n) is 16.6. The number of hydrogen-bond acceptors (Lipinski definition) is 15. The smallest absolute Gasteiger partial charge is 0.268 e. The molecule has 1 aliphatic rings. The summed E-state index contributed by atoms with van der Waals surface area (Å²) in [5.41, 5.74) is 21.7. The van der Waals surface area contributed by atoms with Crippen molar-refractivity contribution in [1.82, 2.24) is 42.1 Å². The minimum atomic E-state index is -1.59. The predicted molar refractivity (Wildman–Crippen MR) is 252 cm³/mol. The fourth-order valence-electron chi connectivity index (χ4n) is 6.86. The number of nitrogens with two attached hydrogens (primary N) is 4. The molecule has 7 atom stereocenters. The lowest BCUT2D eigenvalue weighted by Crippen LogP contribution is -2.60. The lowest BCUT2D eigenvalue weighted by atomic mass is 9.96. The minimum Gasteiger partial charge on any atom is -0.508 e. The van der Waals surface area contributed by atoms with Crippen molar-refractivity contribution in [3.05, 3.63) is 41.6 Å². The van der Waals surface area contributed by atoms with Crippen molar-refractivity contribution in [2.75, 3.05) is 31.9 Å². The Balaban J connectivity index is 2.26. The van der Waals surface area contributed by atoms with E-state index in [2.05, 4.69) is 48.9 Å². The molecule has 1 heterocycles. The second kappa shape index (κ2) is 29.0. The lowest BCUT2D eigenvalue weighted by Gasteiger charge is -2.29. The van der Waals surface area contributed by atoms with Gasteiger partial charge in [0, 0.05) is 43.8 Å². The van der Waals surface area contributed by atoms with Crippen LogP contribution in [0.2, 0.25) is 0 Å². The van der Waals surface area contributed by atoms with E-state index in [-0.39, 0.29) is 43.0 Å². The van der Waals surface area contributed by atoms with E-state index in [0.29, 0.717) is 43.9 Å². The first-order valence-corrected chi connectivity index (χ1v) is 23.8. The van der Waals surface area contributed by atoms with Crippen molar-refractivity contribution in [2.24, 2.45) is 34.8 Å². The first-order valence-electron chi connectivity index (χ1n) is 21.7. The molecular weight excluding hydrogens is 913 g/mol. The highest BCUT2D eigenvalue weighted by Crippen LogP contribution is 2.18. The lowest BCUT2D eigenvalue weighted by molar-refractivity contribution is -0.135. The molecule has 25 heteroatoms. The minimum absolute atomic E-state index is 0.0318. The average Bonchev–Trinajstić information content (AvgIpc) is 3.74. The molecule has 23 nitrogen and oxygen atoms in total. The maximum atomic E-state index is 14.0. The number of amides is 10. The molecule has 10 amide bonds. The number of hydrogen-bond donors (Lipinski definition) is 13. The molecule has 0 radical (unpaired) electrons. The summed E-state index contributed by atoms with van der Waals surface area (Å²) in [7, 11) is 1.02. The third-order valence-electron chi connectivity index (χ3n) is 10.7. The van der Waals surface area contributed by atoms with Crippen molar-refractivity contribution in [1.29, 1.82) is 0 Å². The molecular formula is C42H66N12O11S2. The first kappa shape index (κ1) is 57.2. The third-order valence-corrected chi connectivity index (χ3v) is 11.6. The van der Waals surface area contributed by atoms with Gasteiger partial charge >= 0.3 is 0 Å². The van der Waals surface area contributed by atoms with Crippen LogP contribution in [0.25, 0.3) is 0 Å². The normalized spacial score (nSPS) is 16.3. The van der Waals surface area contributed by atoms with Gasteiger partial charge in [-0.05, 0) is 55.2 Å². The van der Waals surface area contributed by atoms with Crippen molar-refractivity contribution >= 4 is 81.5 Å². The van der Waals surface area contributed by atoms with Gasteiger partial charge in [0.1, 0.15) is 29.6 Å². The maximum Gasteiger partial charge on any atom is 0.268 e. The average molecular weight is 979 g/mol. The highest BCUT2D eigenvalue weighted by atomic mass is 33.1. The van der Waals surface area contributed by atoms with Gasteiger partial charge in [-0.2, -0.15) is 0 Å². The Morgan fingerprint density at radius 3 is 2.07 bits per heavy atom. The Hall–Kier alpha value is -5.92. The summed E-state index contributed by atoms with van der Waals surface area (Å²) in [6.45, 7) is 6.86. The zero-order valence-electron chi connectivity index (χ0n) is 38.1. The Morgan fingerprint density at radius 1 is 0.836 bits per heavy atom. The quantitative estimate of drug-likeness (QED) is 0.0214. The number of phenols is 1. The molecule has 0 saturated carbocycles. The molecule has 0 aromatic heterocycles. The van der Waals surface area contributed by atoms with Crippen LogP contribution in [-0.4, -0.2) is 137 Å². The van der Waals surface area contributed by atoms with Crippen LogP contribution >= 0.6 is 22.5 Å². The van der Waals surface area contributed by atoms with Crippen molar-refractivity contribution in [3.63, 3.8) is 0 Å². The Kier molecular flexibility index (Phi) is 24.7. The number of thiol groups is 1. The van der Waals surface area contributed by atoms with E-state index in [9.17, 15) is 53.1 Å². The topological polar surface area (TPSA) is 382 Å². The van der Waals surface area contributed by atoms with Gasteiger partial charge in [-0.3, -0.25) is 47.9 Å². The van der Waals surface area contributed by atoms with Crippen molar-refractivity contribution < 1.29 is 53.1 Å². The Bertz CT molecular complexity index is 1960.